The second-order valence-corrected chi connectivity index (χ2v) is 9.04. The summed E-state index contributed by atoms with van der Waals surface area (Å²) in [5.74, 6) is 0. The Hall–Kier alpha value is -1.53. The van der Waals surface area contributed by atoms with Crippen molar-refractivity contribution in [2.45, 2.75) is 77.6 Å². The number of piperidine rings is 1. The predicted octanol–water partition coefficient (Wildman–Crippen LogP) is 3.32. The Morgan fingerprint density at radius 1 is 1.28 bits per heavy atom. The van der Waals surface area contributed by atoms with Crippen LogP contribution in [0.3, 0.4) is 0 Å². The van der Waals surface area contributed by atoms with E-state index in [0.717, 1.165) is 17.0 Å². The Balaban J connectivity index is 0.00000141. The molecule has 1 unspecified atom stereocenters. The third-order valence-corrected chi connectivity index (χ3v) is 7.27. The summed E-state index contributed by atoms with van der Waals surface area (Å²) in [6, 6.07) is 0. The van der Waals surface area contributed by atoms with Crippen LogP contribution in [0.4, 0.5) is 13.2 Å². The van der Waals surface area contributed by atoms with Crippen LogP contribution in [0.2, 0.25) is 0 Å². The SMILES string of the molecule is CC.CC(O)Cn1cc(CN2CCC3(CC2)OCCc2c3sc(C(F)(F)F)c2CO)nn1. The molecule has 1 atom stereocenters. The van der Waals surface area contributed by atoms with E-state index in [9.17, 15) is 23.4 Å². The monoisotopic (exact) mass is 476 g/mol. The fourth-order valence-corrected chi connectivity index (χ4v) is 5.81. The minimum absolute atomic E-state index is 0.0160. The van der Waals surface area contributed by atoms with Crippen molar-refractivity contribution in [3.8, 4) is 0 Å². The molecule has 2 N–H and O–H groups in total. The van der Waals surface area contributed by atoms with Gasteiger partial charge in [0.15, 0.2) is 0 Å². The molecular weight excluding hydrogens is 445 g/mol. The van der Waals surface area contributed by atoms with Crippen LogP contribution in [-0.2, 0) is 42.6 Å². The lowest BCUT2D eigenvalue weighted by molar-refractivity contribution is -0.135. The van der Waals surface area contributed by atoms with Gasteiger partial charge in [-0.25, -0.2) is 4.68 Å². The first-order chi connectivity index (χ1) is 15.2. The van der Waals surface area contributed by atoms with Gasteiger partial charge in [0.25, 0.3) is 0 Å². The Labute approximate surface area is 189 Å². The second kappa shape index (κ2) is 10.2. The zero-order valence-corrected chi connectivity index (χ0v) is 19.5. The van der Waals surface area contributed by atoms with Gasteiger partial charge >= 0.3 is 6.18 Å². The summed E-state index contributed by atoms with van der Waals surface area (Å²) in [6.07, 6.45) is -1.61. The highest BCUT2D eigenvalue weighted by Crippen LogP contribution is 2.50. The van der Waals surface area contributed by atoms with Crippen LogP contribution in [0.1, 0.15) is 60.2 Å². The molecule has 2 aliphatic rings. The average molecular weight is 477 g/mol. The molecule has 11 heteroatoms. The van der Waals surface area contributed by atoms with Gasteiger partial charge in [0, 0.05) is 36.3 Å². The molecule has 0 aromatic carbocycles. The molecule has 1 spiro atoms. The Morgan fingerprint density at radius 3 is 2.56 bits per heavy atom. The van der Waals surface area contributed by atoms with Crippen LogP contribution in [0.5, 0.6) is 0 Å². The highest BCUT2D eigenvalue weighted by atomic mass is 32.1. The molecule has 2 aromatic heterocycles. The first kappa shape index (κ1) is 25.1. The maximum atomic E-state index is 13.5. The summed E-state index contributed by atoms with van der Waals surface area (Å²) < 4.78 is 48.1. The molecule has 4 rings (SSSR count). The van der Waals surface area contributed by atoms with E-state index in [1.165, 1.54) is 0 Å². The van der Waals surface area contributed by atoms with Crippen molar-refractivity contribution in [3.63, 3.8) is 0 Å². The highest BCUT2D eigenvalue weighted by molar-refractivity contribution is 7.12. The van der Waals surface area contributed by atoms with Crippen LogP contribution < -0.4 is 0 Å². The Bertz CT molecular complexity index is 889. The molecule has 0 saturated carbocycles. The summed E-state index contributed by atoms with van der Waals surface area (Å²) in [4.78, 5) is 2.12. The van der Waals surface area contributed by atoms with E-state index in [2.05, 4.69) is 15.2 Å². The van der Waals surface area contributed by atoms with Gasteiger partial charge in [-0.05, 0) is 31.7 Å². The molecule has 0 aliphatic carbocycles. The van der Waals surface area contributed by atoms with Crippen LogP contribution in [0.25, 0.3) is 0 Å². The highest BCUT2D eigenvalue weighted by Gasteiger charge is 2.47. The molecular formula is C21H31F3N4O3S. The van der Waals surface area contributed by atoms with E-state index in [-0.39, 0.29) is 5.56 Å². The number of aliphatic hydroxyl groups is 2. The lowest BCUT2D eigenvalue weighted by Gasteiger charge is -2.43. The first-order valence-corrected chi connectivity index (χ1v) is 11.8. The van der Waals surface area contributed by atoms with Gasteiger partial charge < -0.3 is 14.9 Å². The normalized spacial score (nSPS) is 19.4. The zero-order valence-electron chi connectivity index (χ0n) is 18.7. The summed E-state index contributed by atoms with van der Waals surface area (Å²) in [7, 11) is 0. The van der Waals surface area contributed by atoms with Gasteiger partial charge in [-0.2, -0.15) is 13.2 Å². The minimum atomic E-state index is -4.47. The number of hydrogen-bond donors (Lipinski definition) is 2. The van der Waals surface area contributed by atoms with E-state index >= 15 is 0 Å². The second-order valence-electron chi connectivity index (χ2n) is 8.02. The number of rotatable bonds is 5. The Kier molecular flexibility index (Phi) is 7.97. The summed E-state index contributed by atoms with van der Waals surface area (Å²) in [5, 5.41) is 27.2. The number of halogens is 3. The number of aliphatic hydroxyl groups excluding tert-OH is 2. The average Bonchev–Trinajstić information content (AvgIpc) is 3.35. The van der Waals surface area contributed by atoms with E-state index in [1.807, 2.05) is 13.8 Å². The van der Waals surface area contributed by atoms with Gasteiger partial charge in [-0.15, -0.1) is 16.4 Å². The fourth-order valence-electron chi connectivity index (χ4n) is 4.39. The van der Waals surface area contributed by atoms with Crippen LogP contribution >= 0.6 is 11.3 Å². The lowest BCUT2D eigenvalue weighted by Crippen LogP contribution is -2.45. The molecule has 7 nitrogen and oxygen atoms in total. The smallest absolute Gasteiger partial charge is 0.392 e. The number of nitrogens with zero attached hydrogens (tertiary/aromatic N) is 4. The molecule has 0 amide bonds. The molecule has 32 heavy (non-hydrogen) atoms. The molecule has 0 bridgehead atoms. The van der Waals surface area contributed by atoms with Crippen LogP contribution in [0, 0.1) is 0 Å². The molecule has 2 aromatic rings. The maximum Gasteiger partial charge on any atom is 0.425 e. The number of aromatic nitrogens is 3. The standard InChI is InChI=1S/C19H25F3N4O3S.C2H6/c1-12(28)8-26-10-13(23-24-26)9-25-5-3-18(4-6-25)16-14(2-7-29-18)15(11-27)17(30-16)19(20,21)22;1-2/h10,12,27-28H,2-9,11H2,1H3;1-2H3. The van der Waals surface area contributed by atoms with E-state index < -0.39 is 29.4 Å². The third kappa shape index (κ3) is 5.17. The fraction of sp³-hybridized carbons (Fsp3) is 0.714. The molecule has 2 aliphatic heterocycles. The van der Waals surface area contributed by atoms with Gasteiger partial charge in [-0.3, -0.25) is 4.90 Å². The van der Waals surface area contributed by atoms with Crippen LogP contribution in [-0.4, -0.2) is 55.9 Å². The van der Waals surface area contributed by atoms with Gasteiger partial charge in [0.05, 0.1) is 31.6 Å². The van der Waals surface area contributed by atoms with E-state index in [0.29, 0.717) is 62.5 Å². The lowest BCUT2D eigenvalue weighted by atomic mass is 9.84. The largest absolute Gasteiger partial charge is 0.425 e. The van der Waals surface area contributed by atoms with Crippen molar-refractivity contribution in [3.05, 3.63) is 32.8 Å². The van der Waals surface area contributed by atoms with E-state index in [4.69, 9.17) is 4.74 Å². The number of likely N-dealkylation sites (tertiary alicyclic amines) is 1. The number of fused-ring (bicyclic) bond motifs is 2. The molecule has 0 radical (unpaired) electrons. The molecule has 1 saturated heterocycles. The van der Waals surface area contributed by atoms with Crippen LogP contribution in [0.15, 0.2) is 6.20 Å². The van der Waals surface area contributed by atoms with Gasteiger partial charge in [0.1, 0.15) is 10.5 Å². The van der Waals surface area contributed by atoms with E-state index in [1.54, 1.807) is 17.8 Å². The van der Waals surface area contributed by atoms with Gasteiger partial charge in [-0.1, -0.05) is 19.1 Å². The topological polar surface area (TPSA) is 83.6 Å². The van der Waals surface area contributed by atoms with Crippen molar-refractivity contribution in [2.75, 3.05) is 19.7 Å². The predicted molar refractivity (Wildman–Crippen MR) is 114 cm³/mol. The number of ether oxygens (including phenoxy) is 1. The minimum Gasteiger partial charge on any atom is -0.392 e. The summed E-state index contributed by atoms with van der Waals surface area (Å²) >= 11 is 0.735. The van der Waals surface area contributed by atoms with Crippen molar-refractivity contribution in [2.24, 2.45) is 0 Å². The molecule has 1 fully saturated rings. The number of thiophene rings is 1. The van der Waals surface area contributed by atoms with Crippen molar-refractivity contribution < 1.29 is 28.1 Å². The third-order valence-electron chi connectivity index (χ3n) is 5.76. The summed E-state index contributed by atoms with van der Waals surface area (Å²) in [6.45, 7) is 7.73. The summed E-state index contributed by atoms with van der Waals surface area (Å²) in [5.41, 5.74) is 0.708. The molecule has 180 valence electrons. The van der Waals surface area contributed by atoms with Crippen molar-refractivity contribution in [1.29, 1.82) is 0 Å². The van der Waals surface area contributed by atoms with Crippen molar-refractivity contribution >= 4 is 11.3 Å². The number of hydrogen-bond acceptors (Lipinski definition) is 7. The molecule has 4 heterocycles. The Morgan fingerprint density at radius 2 is 1.97 bits per heavy atom. The first-order valence-electron chi connectivity index (χ1n) is 11.0. The number of alkyl halides is 3. The quantitative estimate of drug-likeness (QED) is 0.689. The van der Waals surface area contributed by atoms with Gasteiger partial charge in [0.2, 0.25) is 0 Å². The zero-order chi connectivity index (χ0) is 23.5. The maximum absolute atomic E-state index is 13.5. The van der Waals surface area contributed by atoms with Crippen molar-refractivity contribution in [1.82, 2.24) is 19.9 Å².